The minimum Gasteiger partial charge on any atom is -0.457 e. The van der Waals surface area contributed by atoms with Crippen molar-refractivity contribution < 1.29 is 18.7 Å². The van der Waals surface area contributed by atoms with Gasteiger partial charge >= 0.3 is 10.5 Å². The molecule has 0 radical (unpaired) electrons. The Labute approximate surface area is 152 Å². The summed E-state index contributed by atoms with van der Waals surface area (Å²) < 4.78 is 16.3. The lowest BCUT2D eigenvalue weighted by Gasteiger charge is -2.14. The number of ketones is 1. The zero-order chi connectivity index (χ0) is 17.6. The van der Waals surface area contributed by atoms with Crippen LogP contribution >= 0.6 is 27.5 Å². The molecule has 6 heteroatoms. The van der Waals surface area contributed by atoms with Gasteiger partial charge in [-0.05, 0) is 45.3 Å². The molecule has 2 aromatic carbocycles. The van der Waals surface area contributed by atoms with E-state index < -0.39 is 16.3 Å². The average molecular weight is 412 g/mol. The Kier molecular flexibility index (Phi) is 6.29. The normalized spacial score (nSPS) is 13.5. The summed E-state index contributed by atoms with van der Waals surface area (Å²) in [5.41, 5.74) is 1.34. The first-order chi connectivity index (χ1) is 11.4. The number of benzene rings is 2. The molecule has 0 aliphatic carbocycles. The maximum absolute atomic E-state index is 14.4. The van der Waals surface area contributed by atoms with Gasteiger partial charge in [-0.2, -0.15) is 0 Å². The van der Waals surface area contributed by atoms with Crippen molar-refractivity contribution >= 4 is 45.4 Å². The molecule has 0 saturated heterocycles. The Morgan fingerprint density at radius 3 is 2.38 bits per heavy atom. The Morgan fingerprint density at radius 2 is 1.75 bits per heavy atom. The molecule has 0 saturated carbocycles. The van der Waals surface area contributed by atoms with Gasteiger partial charge in [0.15, 0.2) is 0 Å². The molecule has 0 N–H and O–H groups in total. The highest BCUT2D eigenvalue weighted by Gasteiger charge is 2.44. The Bertz CT molecular complexity index is 743. The molecule has 0 bridgehead atoms. The monoisotopic (exact) mass is 410 g/mol. The fraction of sp³-hybridized carbons (Fsp3) is 0.111. The fourth-order valence-corrected chi connectivity index (χ4v) is 2.14. The van der Waals surface area contributed by atoms with E-state index in [9.17, 15) is 14.0 Å². The van der Waals surface area contributed by atoms with Crippen molar-refractivity contribution in [3.63, 3.8) is 0 Å². The second-order valence-corrected chi connectivity index (χ2v) is 6.41. The van der Waals surface area contributed by atoms with Gasteiger partial charge in [-0.3, -0.25) is 4.79 Å². The first-order valence-corrected chi connectivity index (χ1v) is 8.14. The van der Waals surface area contributed by atoms with Gasteiger partial charge in [-0.25, -0.2) is 9.18 Å². The van der Waals surface area contributed by atoms with Crippen molar-refractivity contribution in [1.82, 2.24) is 0 Å². The van der Waals surface area contributed by atoms with Crippen LogP contribution in [0.4, 0.5) is 4.39 Å². The van der Waals surface area contributed by atoms with Crippen LogP contribution in [0.5, 0.6) is 0 Å². The molecule has 0 heterocycles. The predicted octanol–water partition coefficient (Wildman–Crippen LogP) is 4.73. The largest absolute Gasteiger partial charge is 0.457 e. The lowest BCUT2D eigenvalue weighted by molar-refractivity contribution is -0.155. The van der Waals surface area contributed by atoms with E-state index in [2.05, 4.69) is 15.9 Å². The molecule has 0 spiro atoms. The molecule has 2 aromatic rings. The molecule has 0 amide bonds. The van der Waals surface area contributed by atoms with E-state index in [1.807, 2.05) is 0 Å². The summed E-state index contributed by atoms with van der Waals surface area (Å²) in [6, 6.07) is 15.4. The number of hydrogen-bond donors (Lipinski definition) is 0. The van der Waals surface area contributed by atoms with E-state index in [1.165, 1.54) is 6.08 Å². The van der Waals surface area contributed by atoms with Crippen molar-refractivity contribution in [2.24, 2.45) is 0 Å². The van der Waals surface area contributed by atoms with E-state index in [-0.39, 0.29) is 6.61 Å². The van der Waals surface area contributed by atoms with E-state index in [1.54, 1.807) is 54.6 Å². The van der Waals surface area contributed by atoms with E-state index in [4.69, 9.17) is 16.3 Å². The van der Waals surface area contributed by atoms with Gasteiger partial charge in [0, 0.05) is 5.02 Å². The van der Waals surface area contributed by atoms with E-state index >= 15 is 0 Å². The molecule has 24 heavy (non-hydrogen) atoms. The fourth-order valence-electron chi connectivity index (χ4n) is 1.76. The van der Waals surface area contributed by atoms with Crippen molar-refractivity contribution in [2.75, 3.05) is 0 Å². The molecule has 0 aliphatic rings. The number of carbonyl (C=O) groups is 2. The number of carbonyl (C=O) groups excluding carboxylic acids is 2. The lowest BCUT2D eigenvalue weighted by Crippen LogP contribution is -2.36. The number of rotatable bonds is 6. The highest BCUT2D eigenvalue weighted by Crippen LogP contribution is 2.25. The SMILES string of the molecule is O=C(C=Cc1ccc(Cl)cc1)C(F)(Br)C(=O)OCc1ccccc1. The summed E-state index contributed by atoms with van der Waals surface area (Å²) in [5, 5.41) is 0.545. The predicted molar refractivity (Wildman–Crippen MR) is 94.5 cm³/mol. The van der Waals surface area contributed by atoms with E-state index in [0.29, 0.717) is 16.1 Å². The molecule has 0 fully saturated rings. The zero-order valence-corrected chi connectivity index (χ0v) is 14.8. The molecular formula is C18H13BrClFO3. The van der Waals surface area contributed by atoms with Crippen molar-refractivity contribution in [3.05, 3.63) is 76.8 Å². The van der Waals surface area contributed by atoms with E-state index in [0.717, 1.165) is 6.08 Å². The molecule has 1 atom stereocenters. The number of esters is 1. The van der Waals surface area contributed by atoms with Gasteiger partial charge in [-0.15, -0.1) is 0 Å². The quantitative estimate of drug-likeness (QED) is 0.299. The summed E-state index contributed by atoms with van der Waals surface area (Å²) in [5.74, 6) is -2.35. The van der Waals surface area contributed by atoms with Crippen LogP contribution in [0.3, 0.4) is 0 Å². The van der Waals surface area contributed by atoms with Gasteiger partial charge < -0.3 is 4.74 Å². The van der Waals surface area contributed by atoms with Crippen LogP contribution in [-0.4, -0.2) is 16.3 Å². The van der Waals surface area contributed by atoms with Crippen LogP contribution in [0.15, 0.2) is 60.7 Å². The molecule has 0 aromatic heterocycles. The first kappa shape index (κ1) is 18.4. The summed E-state index contributed by atoms with van der Waals surface area (Å²) in [7, 11) is 0. The van der Waals surface area contributed by atoms with Crippen LogP contribution in [-0.2, 0) is 20.9 Å². The molecular weight excluding hydrogens is 399 g/mol. The number of allylic oxidation sites excluding steroid dienone is 1. The number of halogens is 3. The van der Waals surface area contributed by atoms with Crippen LogP contribution in [0, 0.1) is 0 Å². The molecule has 3 nitrogen and oxygen atoms in total. The molecule has 124 valence electrons. The number of hydrogen-bond acceptors (Lipinski definition) is 3. The summed E-state index contributed by atoms with van der Waals surface area (Å²) in [6.45, 7) is -0.120. The Morgan fingerprint density at radius 1 is 1.12 bits per heavy atom. The van der Waals surface area contributed by atoms with Gasteiger partial charge in [0.25, 0.3) is 0 Å². The Balaban J connectivity index is 1.98. The third kappa shape index (κ3) is 5.01. The maximum Gasteiger partial charge on any atom is 0.363 e. The zero-order valence-electron chi connectivity index (χ0n) is 12.4. The Hall–Kier alpha value is -1.98. The topological polar surface area (TPSA) is 43.4 Å². The summed E-state index contributed by atoms with van der Waals surface area (Å²) in [6.07, 6.45) is 2.36. The van der Waals surface area contributed by atoms with Crippen molar-refractivity contribution in [1.29, 1.82) is 0 Å². The van der Waals surface area contributed by atoms with Gasteiger partial charge in [0.2, 0.25) is 5.78 Å². The molecule has 1 unspecified atom stereocenters. The van der Waals surface area contributed by atoms with Crippen LogP contribution in [0.2, 0.25) is 5.02 Å². The van der Waals surface area contributed by atoms with Crippen LogP contribution in [0.25, 0.3) is 6.08 Å². The third-order valence-corrected chi connectivity index (χ3v) is 4.04. The minimum absolute atomic E-state index is 0.120. The minimum atomic E-state index is -2.93. The second-order valence-electron chi connectivity index (χ2n) is 4.89. The van der Waals surface area contributed by atoms with Crippen molar-refractivity contribution in [2.45, 2.75) is 11.2 Å². The summed E-state index contributed by atoms with van der Waals surface area (Å²) in [4.78, 5) is 23.7. The highest BCUT2D eigenvalue weighted by atomic mass is 79.9. The number of alkyl halides is 2. The van der Waals surface area contributed by atoms with Crippen molar-refractivity contribution in [3.8, 4) is 0 Å². The van der Waals surface area contributed by atoms with Crippen LogP contribution in [0.1, 0.15) is 11.1 Å². The van der Waals surface area contributed by atoms with Gasteiger partial charge in [-0.1, -0.05) is 60.1 Å². The smallest absolute Gasteiger partial charge is 0.363 e. The standard InChI is InChI=1S/C18H13BrClFO3/c19-18(21,17(23)24-12-14-4-2-1-3-5-14)16(22)11-8-13-6-9-15(20)10-7-13/h1-11H,12H2. The average Bonchev–Trinajstić information content (AvgIpc) is 2.59. The van der Waals surface area contributed by atoms with Gasteiger partial charge in [0.05, 0.1) is 0 Å². The lowest BCUT2D eigenvalue weighted by atomic mass is 10.1. The molecule has 0 aliphatic heterocycles. The van der Waals surface area contributed by atoms with Gasteiger partial charge in [0.1, 0.15) is 6.61 Å². The third-order valence-electron chi connectivity index (χ3n) is 3.08. The maximum atomic E-state index is 14.4. The first-order valence-electron chi connectivity index (χ1n) is 6.96. The number of ether oxygens (including phenoxy) is 1. The molecule has 2 rings (SSSR count). The summed E-state index contributed by atoms with van der Waals surface area (Å²) >= 11 is 8.26. The van der Waals surface area contributed by atoms with Crippen LogP contribution < -0.4 is 0 Å². The second kappa shape index (κ2) is 8.22. The highest BCUT2D eigenvalue weighted by molar-refractivity contribution is 9.10.